The monoisotopic (exact) mass is 337 g/mol. The van der Waals surface area contributed by atoms with Crippen LogP contribution in [0.1, 0.15) is 11.1 Å². The number of aliphatic hydroxyl groups is 1. The van der Waals surface area contributed by atoms with Crippen LogP contribution in [0, 0.1) is 10.1 Å². The van der Waals surface area contributed by atoms with Gasteiger partial charge in [-0.05, 0) is 51.3 Å². The van der Waals surface area contributed by atoms with E-state index in [1.807, 2.05) is 0 Å². The number of nitrogens with zero attached hydrogens (tertiary/aromatic N) is 1. The van der Waals surface area contributed by atoms with Gasteiger partial charge >= 0.3 is 0 Å². The first-order valence-electron chi connectivity index (χ1n) is 5.85. The van der Waals surface area contributed by atoms with Gasteiger partial charge in [-0.2, -0.15) is 0 Å². The van der Waals surface area contributed by atoms with Crippen LogP contribution < -0.4 is 4.74 Å². The third kappa shape index (κ3) is 3.55. The lowest BCUT2D eigenvalue weighted by atomic mass is 10.2. The van der Waals surface area contributed by atoms with Gasteiger partial charge in [0, 0.05) is 12.1 Å². The Morgan fingerprint density at radius 2 is 1.80 bits per heavy atom. The molecule has 2 aromatic carbocycles. The number of non-ortho nitro benzene ring substituents is 1. The molecule has 20 heavy (non-hydrogen) atoms. The summed E-state index contributed by atoms with van der Waals surface area (Å²) in [5, 5.41) is 19.6. The van der Waals surface area contributed by atoms with Crippen LogP contribution in [0.15, 0.2) is 46.9 Å². The fraction of sp³-hybridized carbons (Fsp3) is 0.143. The molecular formula is C14H12BrNO4. The Bertz CT molecular complexity index is 613. The van der Waals surface area contributed by atoms with Crippen LogP contribution in [0.2, 0.25) is 0 Å². The van der Waals surface area contributed by atoms with Gasteiger partial charge in [0.1, 0.15) is 12.4 Å². The third-order valence-corrected chi connectivity index (χ3v) is 3.34. The Morgan fingerprint density at radius 1 is 1.15 bits per heavy atom. The van der Waals surface area contributed by atoms with Gasteiger partial charge in [-0.25, -0.2) is 0 Å². The topological polar surface area (TPSA) is 72.6 Å². The van der Waals surface area contributed by atoms with E-state index in [0.29, 0.717) is 12.4 Å². The van der Waals surface area contributed by atoms with Crippen LogP contribution in [0.25, 0.3) is 0 Å². The van der Waals surface area contributed by atoms with Crippen molar-refractivity contribution < 1.29 is 14.8 Å². The third-order valence-electron chi connectivity index (χ3n) is 2.72. The summed E-state index contributed by atoms with van der Waals surface area (Å²) in [5.74, 6) is 0.653. The van der Waals surface area contributed by atoms with Gasteiger partial charge in [-0.15, -0.1) is 0 Å². The zero-order chi connectivity index (χ0) is 14.5. The predicted octanol–water partition coefficient (Wildman–Crippen LogP) is 3.43. The fourth-order valence-corrected chi connectivity index (χ4v) is 2.18. The summed E-state index contributed by atoms with van der Waals surface area (Å²) in [7, 11) is 0. The number of hydrogen-bond donors (Lipinski definition) is 1. The number of halogens is 1. The Labute approximate surface area is 124 Å². The molecule has 5 nitrogen and oxygen atoms in total. The molecule has 6 heteroatoms. The van der Waals surface area contributed by atoms with Crippen molar-refractivity contribution in [1.29, 1.82) is 0 Å². The van der Waals surface area contributed by atoms with Gasteiger partial charge in [0.15, 0.2) is 0 Å². The second-order valence-corrected chi connectivity index (χ2v) is 4.99. The molecule has 2 aromatic rings. The smallest absolute Gasteiger partial charge is 0.269 e. The molecule has 0 amide bonds. The minimum atomic E-state index is -0.436. The van der Waals surface area contributed by atoms with E-state index in [2.05, 4.69) is 15.9 Å². The fourth-order valence-electron chi connectivity index (χ4n) is 1.63. The standard InChI is InChI=1S/C14H12BrNO4/c15-13-7-11(8-17)3-6-14(13)20-9-10-1-4-12(5-2-10)16(18)19/h1-7,17H,8-9H2. The van der Waals surface area contributed by atoms with Crippen LogP contribution in [-0.2, 0) is 13.2 Å². The largest absolute Gasteiger partial charge is 0.488 e. The molecule has 0 aromatic heterocycles. The molecule has 0 spiro atoms. The molecule has 0 aliphatic heterocycles. The number of aliphatic hydroxyl groups excluding tert-OH is 1. The molecule has 0 aliphatic carbocycles. The molecule has 0 saturated heterocycles. The van der Waals surface area contributed by atoms with Crippen molar-refractivity contribution >= 4 is 21.6 Å². The Kier molecular flexibility index (Phi) is 4.70. The first-order chi connectivity index (χ1) is 9.60. The molecule has 0 fully saturated rings. The highest BCUT2D eigenvalue weighted by Gasteiger charge is 2.06. The number of benzene rings is 2. The first kappa shape index (κ1) is 14.5. The molecule has 0 saturated carbocycles. The second-order valence-electron chi connectivity index (χ2n) is 4.14. The van der Waals surface area contributed by atoms with Gasteiger partial charge in [0.2, 0.25) is 0 Å². The Balaban J connectivity index is 2.03. The molecule has 0 bridgehead atoms. The van der Waals surface area contributed by atoms with E-state index in [9.17, 15) is 10.1 Å². The maximum atomic E-state index is 10.5. The minimum Gasteiger partial charge on any atom is -0.488 e. The van der Waals surface area contributed by atoms with Crippen LogP contribution in [-0.4, -0.2) is 10.0 Å². The maximum Gasteiger partial charge on any atom is 0.269 e. The van der Waals surface area contributed by atoms with Crippen molar-refractivity contribution in [1.82, 2.24) is 0 Å². The number of hydrogen-bond acceptors (Lipinski definition) is 4. The number of nitro groups is 1. The summed E-state index contributed by atoms with van der Waals surface area (Å²) in [6, 6.07) is 11.5. The van der Waals surface area contributed by atoms with E-state index in [-0.39, 0.29) is 12.3 Å². The molecule has 1 N–H and O–H groups in total. The molecule has 0 atom stereocenters. The molecule has 2 rings (SSSR count). The normalized spacial score (nSPS) is 10.3. The van der Waals surface area contributed by atoms with Crippen LogP contribution in [0.5, 0.6) is 5.75 Å². The highest BCUT2D eigenvalue weighted by molar-refractivity contribution is 9.10. The Morgan fingerprint density at radius 3 is 2.35 bits per heavy atom. The van der Waals surface area contributed by atoms with Crippen molar-refractivity contribution in [2.75, 3.05) is 0 Å². The molecule has 0 heterocycles. The van der Waals surface area contributed by atoms with E-state index in [1.165, 1.54) is 12.1 Å². The maximum absolute atomic E-state index is 10.5. The van der Waals surface area contributed by atoms with E-state index in [4.69, 9.17) is 9.84 Å². The van der Waals surface area contributed by atoms with Crippen LogP contribution in [0.4, 0.5) is 5.69 Å². The highest BCUT2D eigenvalue weighted by Crippen LogP contribution is 2.27. The second kappa shape index (κ2) is 6.49. The molecule has 0 aliphatic rings. The molecular weight excluding hydrogens is 326 g/mol. The summed E-state index contributed by atoms with van der Waals surface area (Å²) in [5.41, 5.74) is 1.69. The quantitative estimate of drug-likeness (QED) is 0.670. The number of ether oxygens (including phenoxy) is 1. The summed E-state index contributed by atoms with van der Waals surface area (Å²) in [6.07, 6.45) is 0. The highest BCUT2D eigenvalue weighted by atomic mass is 79.9. The van der Waals surface area contributed by atoms with Gasteiger partial charge in [0.05, 0.1) is 16.0 Å². The van der Waals surface area contributed by atoms with Crippen molar-refractivity contribution in [2.24, 2.45) is 0 Å². The van der Waals surface area contributed by atoms with Crippen molar-refractivity contribution in [3.8, 4) is 5.75 Å². The Hall–Kier alpha value is -1.92. The first-order valence-corrected chi connectivity index (χ1v) is 6.65. The number of nitro benzene ring substituents is 1. The lowest BCUT2D eigenvalue weighted by Crippen LogP contribution is -1.97. The average molecular weight is 338 g/mol. The van der Waals surface area contributed by atoms with Crippen molar-refractivity contribution in [3.05, 3.63) is 68.2 Å². The lowest BCUT2D eigenvalue weighted by Gasteiger charge is -2.09. The molecule has 104 valence electrons. The summed E-state index contributed by atoms with van der Waals surface area (Å²) >= 11 is 3.37. The van der Waals surface area contributed by atoms with E-state index in [0.717, 1.165) is 15.6 Å². The average Bonchev–Trinajstić information content (AvgIpc) is 2.46. The minimum absolute atomic E-state index is 0.0266. The van der Waals surface area contributed by atoms with Gasteiger partial charge < -0.3 is 9.84 Å². The van der Waals surface area contributed by atoms with Gasteiger partial charge in [0.25, 0.3) is 5.69 Å². The summed E-state index contributed by atoms with van der Waals surface area (Å²) in [4.78, 5) is 10.1. The van der Waals surface area contributed by atoms with Gasteiger partial charge in [-0.3, -0.25) is 10.1 Å². The zero-order valence-corrected chi connectivity index (χ0v) is 12.0. The van der Waals surface area contributed by atoms with Crippen LogP contribution in [0.3, 0.4) is 0 Å². The zero-order valence-electron chi connectivity index (χ0n) is 10.5. The van der Waals surface area contributed by atoms with Crippen molar-refractivity contribution in [3.63, 3.8) is 0 Å². The van der Waals surface area contributed by atoms with E-state index >= 15 is 0 Å². The molecule has 0 radical (unpaired) electrons. The van der Waals surface area contributed by atoms with Crippen molar-refractivity contribution in [2.45, 2.75) is 13.2 Å². The summed E-state index contributed by atoms with van der Waals surface area (Å²) in [6.45, 7) is 0.288. The van der Waals surface area contributed by atoms with E-state index in [1.54, 1.807) is 30.3 Å². The molecule has 0 unspecified atom stereocenters. The van der Waals surface area contributed by atoms with Crippen LogP contribution >= 0.6 is 15.9 Å². The predicted molar refractivity (Wildman–Crippen MR) is 77.5 cm³/mol. The summed E-state index contributed by atoms with van der Waals surface area (Å²) < 4.78 is 6.38. The van der Waals surface area contributed by atoms with E-state index < -0.39 is 4.92 Å². The SMILES string of the molecule is O=[N+]([O-])c1ccc(COc2ccc(CO)cc2Br)cc1. The number of rotatable bonds is 5. The van der Waals surface area contributed by atoms with Gasteiger partial charge in [-0.1, -0.05) is 6.07 Å². The lowest BCUT2D eigenvalue weighted by molar-refractivity contribution is -0.384.